The maximum atomic E-state index is 13.0. The Morgan fingerprint density at radius 2 is 2.00 bits per heavy atom. The molecule has 0 radical (unpaired) electrons. The summed E-state index contributed by atoms with van der Waals surface area (Å²) in [5, 5.41) is 8.93. The van der Waals surface area contributed by atoms with E-state index in [1.807, 2.05) is 36.1 Å². The van der Waals surface area contributed by atoms with Crippen LogP contribution in [0.4, 0.5) is 0 Å². The Hall–Kier alpha value is -2.12. The van der Waals surface area contributed by atoms with Gasteiger partial charge >= 0.3 is 0 Å². The van der Waals surface area contributed by atoms with Gasteiger partial charge in [0.25, 0.3) is 5.91 Å². The highest BCUT2D eigenvalue weighted by atomic mass is 32.1. The van der Waals surface area contributed by atoms with Crippen molar-refractivity contribution in [3.8, 4) is 6.07 Å². The molecule has 3 nitrogen and oxygen atoms in total. The molecule has 1 amide bonds. The van der Waals surface area contributed by atoms with Crippen molar-refractivity contribution in [1.29, 1.82) is 5.26 Å². The average Bonchev–Trinajstić information content (AvgIpc) is 3.06. The lowest BCUT2D eigenvalue weighted by atomic mass is 9.99. The highest BCUT2D eigenvalue weighted by Crippen LogP contribution is 2.32. The molecule has 1 aromatic carbocycles. The van der Waals surface area contributed by atoms with E-state index in [4.69, 9.17) is 5.26 Å². The van der Waals surface area contributed by atoms with E-state index in [0.29, 0.717) is 12.1 Å². The second-order valence-electron chi connectivity index (χ2n) is 6.27. The van der Waals surface area contributed by atoms with Gasteiger partial charge < -0.3 is 4.90 Å². The Kier molecular flexibility index (Phi) is 5.01. The van der Waals surface area contributed by atoms with E-state index in [1.54, 1.807) is 11.3 Å². The first kappa shape index (κ1) is 16.7. The second-order valence-corrected chi connectivity index (χ2v) is 7.40. The summed E-state index contributed by atoms with van der Waals surface area (Å²) in [7, 11) is 0. The molecular formula is C20H22N2OS. The average molecular weight is 338 g/mol. The largest absolute Gasteiger partial charge is 0.331 e. The van der Waals surface area contributed by atoms with Crippen LogP contribution < -0.4 is 0 Å². The van der Waals surface area contributed by atoms with Crippen LogP contribution in [0.25, 0.3) is 0 Å². The van der Waals surface area contributed by atoms with Crippen LogP contribution in [0, 0.1) is 11.3 Å². The molecule has 1 aliphatic rings. The van der Waals surface area contributed by atoms with Gasteiger partial charge in [0, 0.05) is 11.4 Å². The Morgan fingerprint density at radius 1 is 1.29 bits per heavy atom. The summed E-state index contributed by atoms with van der Waals surface area (Å²) >= 11 is 1.67. The first-order valence-electron chi connectivity index (χ1n) is 8.56. The fourth-order valence-corrected chi connectivity index (χ4v) is 4.56. The van der Waals surface area contributed by atoms with Gasteiger partial charge in [-0.2, -0.15) is 5.26 Å². The maximum Gasteiger partial charge on any atom is 0.264 e. The van der Waals surface area contributed by atoms with E-state index >= 15 is 0 Å². The molecule has 1 aliphatic carbocycles. The normalized spacial score (nSPS) is 14.5. The molecule has 3 rings (SSSR count). The molecule has 1 atom stereocenters. The highest BCUT2D eigenvalue weighted by Gasteiger charge is 2.24. The molecule has 0 N–H and O–H groups in total. The molecule has 0 fully saturated rings. The smallest absolute Gasteiger partial charge is 0.264 e. The van der Waals surface area contributed by atoms with Crippen molar-refractivity contribution in [3.63, 3.8) is 0 Å². The minimum Gasteiger partial charge on any atom is -0.331 e. The summed E-state index contributed by atoms with van der Waals surface area (Å²) < 4.78 is 0. The van der Waals surface area contributed by atoms with Gasteiger partial charge in [-0.05, 0) is 68.9 Å². The number of thiophene rings is 1. The van der Waals surface area contributed by atoms with Gasteiger partial charge in [0.1, 0.15) is 0 Å². The van der Waals surface area contributed by atoms with E-state index in [-0.39, 0.29) is 11.9 Å². The summed E-state index contributed by atoms with van der Waals surface area (Å²) in [5.74, 6) is 0.119. The molecule has 0 spiro atoms. The molecule has 0 bridgehead atoms. The summed E-state index contributed by atoms with van der Waals surface area (Å²) in [5.41, 5.74) is 3.08. The Bertz CT molecular complexity index is 746. The van der Waals surface area contributed by atoms with Gasteiger partial charge in [-0.1, -0.05) is 12.1 Å². The summed E-state index contributed by atoms with van der Waals surface area (Å²) in [4.78, 5) is 17.2. The van der Waals surface area contributed by atoms with Crippen LogP contribution in [0.15, 0.2) is 30.3 Å². The third kappa shape index (κ3) is 3.22. The van der Waals surface area contributed by atoms with E-state index in [2.05, 4.69) is 19.1 Å². The standard InChI is InChI=1S/C20H22N2OS/c1-3-22(14(2)16-10-8-15(13-21)9-11-16)20(23)19-12-17-6-4-5-7-18(17)24-19/h8-12,14H,3-7H2,1-2H3. The predicted molar refractivity (Wildman–Crippen MR) is 97.2 cm³/mol. The van der Waals surface area contributed by atoms with Crippen LogP contribution in [0.5, 0.6) is 0 Å². The fourth-order valence-electron chi connectivity index (χ4n) is 3.35. The van der Waals surface area contributed by atoms with Gasteiger partial charge in [-0.3, -0.25) is 4.79 Å². The van der Waals surface area contributed by atoms with Crippen LogP contribution >= 0.6 is 11.3 Å². The maximum absolute atomic E-state index is 13.0. The molecule has 1 heterocycles. The van der Waals surface area contributed by atoms with Crippen molar-refractivity contribution >= 4 is 17.2 Å². The van der Waals surface area contributed by atoms with Crippen molar-refractivity contribution in [2.45, 2.75) is 45.6 Å². The second kappa shape index (κ2) is 7.19. The number of benzene rings is 1. The molecular weight excluding hydrogens is 316 g/mol. The molecule has 124 valence electrons. The molecule has 1 unspecified atom stereocenters. The number of carbonyl (C=O) groups is 1. The van der Waals surface area contributed by atoms with Crippen LogP contribution in [0.3, 0.4) is 0 Å². The van der Waals surface area contributed by atoms with Gasteiger partial charge in [-0.25, -0.2) is 0 Å². The number of fused-ring (bicyclic) bond motifs is 1. The number of hydrogen-bond donors (Lipinski definition) is 0. The first-order chi connectivity index (χ1) is 11.6. The summed E-state index contributed by atoms with van der Waals surface area (Å²) in [6, 6.07) is 11.7. The SMILES string of the molecule is CCN(C(=O)c1cc2c(s1)CCCC2)C(C)c1ccc(C#N)cc1. The zero-order chi connectivity index (χ0) is 17.1. The molecule has 24 heavy (non-hydrogen) atoms. The Balaban J connectivity index is 1.82. The molecule has 1 aromatic heterocycles. The molecule has 0 saturated carbocycles. The Labute approximate surface area is 147 Å². The van der Waals surface area contributed by atoms with E-state index in [1.165, 1.54) is 23.3 Å². The molecule has 2 aromatic rings. The molecule has 4 heteroatoms. The quantitative estimate of drug-likeness (QED) is 0.809. The van der Waals surface area contributed by atoms with Crippen molar-refractivity contribution in [3.05, 3.63) is 56.8 Å². The summed E-state index contributed by atoms with van der Waals surface area (Å²) in [6.45, 7) is 4.74. The van der Waals surface area contributed by atoms with Gasteiger partial charge in [0.05, 0.1) is 22.6 Å². The monoisotopic (exact) mass is 338 g/mol. The minimum absolute atomic E-state index is 0.00521. The summed E-state index contributed by atoms with van der Waals surface area (Å²) in [6.07, 6.45) is 4.69. The number of nitriles is 1. The van der Waals surface area contributed by atoms with Crippen LogP contribution in [-0.4, -0.2) is 17.4 Å². The van der Waals surface area contributed by atoms with E-state index in [0.717, 1.165) is 23.3 Å². The fraction of sp³-hybridized carbons (Fsp3) is 0.400. The van der Waals surface area contributed by atoms with Gasteiger partial charge in [0.2, 0.25) is 0 Å². The lowest BCUT2D eigenvalue weighted by Gasteiger charge is -2.28. The topological polar surface area (TPSA) is 44.1 Å². The van der Waals surface area contributed by atoms with Crippen LogP contribution in [-0.2, 0) is 12.8 Å². The third-order valence-corrected chi connectivity index (χ3v) is 6.02. The number of aryl methyl sites for hydroxylation is 2. The Morgan fingerprint density at radius 3 is 2.62 bits per heavy atom. The zero-order valence-corrected chi connectivity index (χ0v) is 15.0. The lowest BCUT2D eigenvalue weighted by Crippen LogP contribution is -2.33. The van der Waals surface area contributed by atoms with Crippen molar-refractivity contribution < 1.29 is 4.79 Å². The minimum atomic E-state index is -0.00521. The highest BCUT2D eigenvalue weighted by molar-refractivity contribution is 7.14. The van der Waals surface area contributed by atoms with Crippen molar-refractivity contribution in [1.82, 2.24) is 4.90 Å². The molecule has 0 aliphatic heterocycles. The molecule has 0 saturated heterocycles. The number of nitrogens with zero attached hydrogens (tertiary/aromatic N) is 2. The van der Waals surface area contributed by atoms with Crippen molar-refractivity contribution in [2.75, 3.05) is 6.54 Å². The van der Waals surface area contributed by atoms with Gasteiger partial charge in [0.15, 0.2) is 0 Å². The first-order valence-corrected chi connectivity index (χ1v) is 9.38. The van der Waals surface area contributed by atoms with E-state index in [9.17, 15) is 4.79 Å². The van der Waals surface area contributed by atoms with Crippen LogP contribution in [0.2, 0.25) is 0 Å². The number of hydrogen-bond acceptors (Lipinski definition) is 3. The third-order valence-electron chi connectivity index (χ3n) is 4.80. The number of carbonyl (C=O) groups excluding carboxylic acids is 1. The van der Waals surface area contributed by atoms with Crippen LogP contribution in [0.1, 0.15) is 64.0 Å². The number of amides is 1. The lowest BCUT2D eigenvalue weighted by molar-refractivity contribution is 0.0707. The van der Waals surface area contributed by atoms with Gasteiger partial charge in [-0.15, -0.1) is 11.3 Å². The zero-order valence-electron chi connectivity index (χ0n) is 14.2. The predicted octanol–water partition coefficient (Wildman–Crippen LogP) is 4.72. The van der Waals surface area contributed by atoms with Crippen molar-refractivity contribution in [2.24, 2.45) is 0 Å². The number of rotatable bonds is 4. The van der Waals surface area contributed by atoms with E-state index < -0.39 is 0 Å².